The quantitative estimate of drug-likeness (QED) is 0.846. The first kappa shape index (κ1) is 15.9. The molecule has 0 spiro atoms. The van der Waals surface area contributed by atoms with Crippen LogP contribution in [0.4, 0.5) is 4.79 Å². The molecule has 1 atom stereocenters. The first-order valence-corrected chi connectivity index (χ1v) is 7.51. The van der Waals surface area contributed by atoms with Gasteiger partial charge < -0.3 is 19.8 Å². The lowest BCUT2D eigenvalue weighted by Gasteiger charge is -2.32. The number of ether oxygens (including phenoxy) is 1. The molecule has 1 heterocycles. The summed E-state index contributed by atoms with van der Waals surface area (Å²) in [7, 11) is 0. The van der Waals surface area contributed by atoms with E-state index in [1.165, 1.54) is 12.8 Å². The first-order valence-electron chi connectivity index (χ1n) is 7.51. The largest absolute Gasteiger partial charge is 0.472 e. The number of carbonyl (C=O) groups excluding carboxylic acids is 1. The Morgan fingerprint density at radius 1 is 1.38 bits per heavy atom. The fourth-order valence-corrected chi connectivity index (χ4v) is 2.34. The standard InChI is InChI=1S/C16H26N2O3/c1-15(2,3)21-14(19)17-11-16(4,13-5-6-13)18-9-12-7-8-20-10-12/h7-8,10,13,18H,5-6,9,11H2,1-4H3,(H,17,19). The highest BCUT2D eigenvalue weighted by molar-refractivity contribution is 5.67. The highest BCUT2D eigenvalue weighted by Gasteiger charge is 2.41. The van der Waals surface area contributed by atoms with Gasteiger partial charge in [-0.1, -0.05) is 0 Å². The Balaban J connectivity index is 1.84. The molecular weight excluding hydrogens is 268 g/mol. The molecule has 2 N–H and O–H groups in total. The van der Waals surface area contributed by atoms with Crippen molar-refractivity contribution in [2.45, 2.75) is 58.2 Å². The second kappa shape index (κ2) is 6.10. The van der Waals surface area contributed by atoms with Crippen LogP contribution in [0.5, 0.6) is 0 Å². The van der Waals surface area contributed by atoms with Crippen LogP contribution in [0, 0.1) is 5.92 Å². The highest BCUT2D eigenvalue weighted by Crippen LogP contribution is 2.39. The Kier molecular flexibility index (Phi) is 4.61. The number of amides is 1. The van der Waals surface area contributed by atoms with Crippen molar-refractivity contribution in [3.8, 4) is 0 Å². The average molecular weight is 294 g/mol. The molecule has 2 rings (SSSR count). The molecule has 0 aliphatic heterocycles. The molecule has 1 saturated carbocycles. The predicted octanol–water partition coefficient (Wildman–Crippen LogP) is 3.06. The van der Waals surface area contributed by atoms with Gasteiger partial charge >= 0.3 is 6.09 Å². The van der Waals surface area contributed by atoms with Crippen molar-refractivity contribution in [1.82, 2.24) is 10.6 Å². The molecule has 1 aromatic heterocycles. The van der Waals surface area contributed by atoms with Crippen LogP contribution in [0.1, 0.15) is 46.1 Å². The molecule has 5 heteroatoms. The van der Waals surface area contributed by atoms with Crippen LogP contribution in [0.2, 0.25) is 0 Å². The van der Waals surface area contributed by atoms with Crippen LogP contribution >= 0.6 is 0 Å². The van der Waals surface area contributed by atoms with E-state index in [1.807, 2.05) is 26.8 Å². The van der Waals surface area contributed by atoms with E-state index in [2.05, 4.69) is 17.6 Å². The molecule has 0 aromatic carbocycles. The van der Waals surface area contributed by atoms with E-state index >= 15 is 0 Å². The molecule has 118 valence electrons. The fourth-order valence-electron chi connectivity index (χ4n) is 2.34. The van der Waals surface area contributed by atoms with Crippen molar-refractivity contribution < 1.29 is 13.9 Å². The van der Waals surface area contributed by atoms with Crippen molar-refractivity contribution in [2.75, 3.05) is 6.54 Å². The smallest absolute Gasteiger partial charge is 0.407 e. The minimum atomic E-state index is -0.468. The zero-order valence-electron chi connectivity index (χ0n) is 13.4. The summed E-state index contributed by atoms with van der Waals surface area (Å²) in [5.41, 5.74) is 0.525. The maximum Gasteiger partial charge on any atom is 0.407 e. The third-order valence-electron chi connectivity index (χ3n) is 3.75. The van der Waals surface area contributed by atoms with Gasteiger partial charge in [0.2, 0.25) is 0 Å². The van der Waals surface area contributed by atoms with E-state index in [0.29, 0.717) is 12.5 Å². The number of hydrogen-bond donors (Lipinski definition) is 2. The summed E-state index contributed by atoms with van der Waals surface area (Å²) in [5.74, 6) is 0.597. The lowest BCUT2D eigenvalue weighted by atomic mass is 9.95. The van der Waals surface area contributed by atoms with Crippen molar-refractivity contribution in [1.29, 1.82) is 0 Å². The molecule has 0 bridgehead atoms. The van der Waals surface area contributed by atoms with E-state index in [9.17, 15) is 4.79 Å². The summed E-state index contributed by atoms with van der Waals surface area (Å²) in [6.45, 7) is 9.05. The Hall–Kier alpha value is -1.49. The summed E-state index contributed by atoms with van der Waals surface area (Å²) < 4.78 is 10.4. The second-order valence-electron chi connectivity index (χ2n) is 7.03. The third-order valence-corrected chi connectivity index (χ3v) is 3.75. The van der Waals surface area contributed by atoms with Gasteiger partial charge in [-0.05, 0) is 52.5 Å². The molecule has 1 aliphatic rings. The van der Waals surface area contributed by atoms with Gasteiger partial charge in [0, 0.05) is 24.2 Å². The van der Waals surface area contributed by atoms with E-state index in [1.54, 1.807) is 12.5 Å². The Morgan fingerprint density at radius 2 is 2.10 bits per heavy atom. The molecule has 1 amide bonds. The Bertz CT molecular complexity index is 460. The Morgan fingerprint density at radius 3 is 2.62 bits per heavy atom. The van der Waals surface area contributed by atoms with Gasteiger partial charge in [0.25, 0.3) is 0 Å². The lowest BCUT2D eigenvalue weighted by molar-refractivity contribution is 0.0507. The molecule has 1 fully saturated rings. The summed E-state index contributed by atoms with van der Waals surface area (Å²) in [6.07, 6.45) is 5.45. The van der Waals surface area contributed by atoms with Gasteiger partial charge in [-0.25, -0.2) is 4.79 Å². The molecule has 0 saturated heterocycles. The van der Waals surface area contributed by atoms with Crippen LogP contribution in [0.15, 0.2) is 23.0 Å². The topological polar surface area (TPSA) is 63.5 Å². The zero-order valence-corrected chi connectivity index (χ0v) is 13.4. The zero-order chi connectivity index (χ0) is 15.5. The monoisotopic (exact) mass is 294 g/mol. The van der Waals surface area contributed by atoms with Crippen LogP contribution in [-0.4, -0.2) is 23.8 Å². The fraction of sp³-hybridized carbons (Fsp3) is 0.688. The maximum atomic E-state index is 11.8. The van der Waals surface area contributed by atoms with E-state index in [4.69, 9.17) is 9.15 Å². The number of furan rings is 1. The van der Waals surface area contributed by atoms with Crippen LogP contribution in [-0.2, 0) is 11.3 Å². The summed E-state index contributed by atoms with van der Waals surface area (Å²) in [6, 6.07) is 1.95. The Labute approximate surface area is 126 Å². The minimum Gasteiger partial charge on any atom is -0.472 e. The van der Waals surface area contributed by atoms with Gasteiger partial charge in [-0.3, -0.25) is 0 Å². The van der Waals surface area contributed by atoms with E-state index < -0.39 is 5.60 Å². The minimum absolute atomic E-state index is 0.117. The average Bonchev–Trinajstić information content (AvgIpc) is 3.10. The summed E-state index contributed by atoms with van der Waals surface area (Å²) in [5, 5.41) is 6.43. The van der Waals surface area contributed by atoms with E-state index in [-0.39, 0.29) is 11.6 Å². The molecule has 1 aliphatic carbocycles. The number of nitrogens with one attached hydrogen (secondary N) is 2. The molecule has 1 unspecified atom stereocenters. The van der Waals surface area contributed by atoms with Gasteiger partial charge in [0.05, 0.1) is 12.5 Å². The summed E-state index contributed by atoms with van der Waals surface area (Å²) >= 11 is 0. The number of alkyl carbamates (subject to hydrolysis) is 1. The van der Waals surface area contributed by atoms with Crippen LogP contribution in [0.3, 0.4) is 0 Å². The van der Waals surface area contributed by atoms with Crippen molar-refractivity contribution in [3.05, 3.63) is 24.2 Å². The number of carbonyl (C=O) groups is 1. The molecule has 1 aromatic rings. The molecule has 21 heavy (non-hydrogen) atoms. The third kappa shape index (κ3) is 5.08. The van der Waals surface area contributed by atoms with Crippen LogP contribution < -0.4 is 10.6 Å². The summed E-state index contributed by atoms with van der Waals surface area (Å²) in [4.78, 5) is 11.8. The molecule has 0 radical (unpaired) electrons. The molecular formula is C16H26N2O3. The van der Waals surface area contributed by atoms with E-state index in [0.717, 1.165) is 12.1 Å². The maximum absolute atomic E-state index is 11.8. The lowest BCUT2D eigenvalue weighted by Crippen LogP contribution is -2.53. The van der Waals surface area contributed by atoms with Gasteiger partial charge in [0.1, 0.15) is 5.60 Å². The molecule has 5 nitrogen and oxygen atoms in total. The first-order chi connectivity index (χ1) is 9.78. The van der Waals surface area contributed by atoms with Crippen LogP contribution in [0.25, 0.3) is 0 Å². The highest BCUT2D eigenvalue weighted by atomic mass is 16.6. The number of hydrogen-bond acceptors (Lipinski definition) is 4. The SMILES string of the molecule is CC(C)(C)OC(=O)NCC(C)(NCc1ccoc1)C1CC1. The second-order valence-corrected chi connectivity index (χ2v) is 7.03. The van der Waals surface area contributed by atoms with Crippen molar-refractivity contribution in [2.24, 2.45) is 5.92 Å². The van der Waals surface area contributed by atoms with Crippen molar-refractivity contribution >= 4 is 6.09 Å². The van der Waals surface area contributed by atoms with Gasteiger partial charge in [0.15, 0.2) is 0 Å². The predicted molar refractivity (Wildman–Crippen MR) is 80.9 cm³/mol. The number of rotatable bonds is 6. The van der Waals surface area contributed by atoms with Crippen molar-refractivity contribution in [3.63, 3.8) is 0 Å². The van der Waals surface area contributed by atoms with Gasteiger partial charge in [-0.15, -0.1) is 0 Å². The van der Waals surface area contributed by atoms with Gasteiger partial charge in [-0.2, -0.15) is 0 Å². The normalized spacial score (nSPS) is 18.1.